The first-order chi connectivity index (χ1) is 12.5. The molecule has 0 fully saturated rings. The van der Waals surface area contributed by atoms with Crippen LogP contribution in [0.4, 0.5) is 0 Å². The normalized spacial score (nSPS) is 17.6. The molecule has 0 nitrogen and oxygen atoms in total. The minimum atomic E-state index is -2.15. The molecular weight excluding hydrogens is 424 g/mol. The van der Waals surface area contributed by atoms with Gasteiger partial charge in [0.25, 0.3) is 0 Å². The van der Waals surface area contributed by atoms with E-state index < -0.39 is 8.07 Å². The van der Waals surface area contributed by atoms with E-state index in [4.69, 9.17) is 0 Å². The Bertz CT molecular complexity index is 888. The van der Waals surface area contributed by atoms with Crippen molar-refractivity contribution in [1.82, 2.24) is 0 Å². The molecule has 0 saturated carbocycles. The first-order valence-electron chi connectivity index (χ1n) is 9.96. The van der Waals surface area contributed by atoms with Crippen molar-refractivity contribution in [2.24, 2.45) is 0 Å². The maximum atomic E-state index is 3.95. The van der Waals surface area contributed by atoms with Crippen LogP contribution in [0.1, 0.15) is 49.9 Å². The van der Waals surface area contributed by atoms with Gasteiger partial charge in [0.2, 0.25) is 0 Å². The third-order valence-electron chi connectivity index (χ3n) is 6.91. The minimum Gasteiger partial charge on any atom is -0.358 e. The van der Waals surface area contributed by atoms with Gasteiger partial charge in [0, 0.05) is 0 Å². The van der Waals surface area contributed by atoms with Gasteiger partial charge in [0.15, 0.2) is 0 Å². The van der Waals surface area contributed by atoms with E-state index in [1.165, 1.54) is 49.3 Å². The van der Waals surface area contributed by atoms with Gasteiger partial charge in [0.05, 0.1) is 0 Å². The fourth-order valence-electron chi connectivity index (χ4n) is 4.99. The second kappa shape index (κ2) is 11.1. The average molecular weight is 467 g/mol. The van der Waals surface area contributed by atoms with Gasteiger partial charge < -0.3 is 22.3 Å². The summed E-state index contributed by atoms with van der Waals surface area (Å²) in [5, 5.41) is 2.99. The zero-order chi connectivity index (χ0) is 20.1. The van der Waals surface area contributed by atoms with Crippen LogP contribution in [-0.4, -0.2) is 8.07 Å². The van der Waals surface area contributed by atoms with E-state index in [1.54, 1.807) is 0 Å². The molecule has 0 aromatic heterocycles. The maximum absolute atomic E-state index is 3.95. The summed E-state index contributed by atoms with van der Waals surface area (Å²) in [7, 11) is -2.15. The van der Waals surface area contributed by atoms with Crippen molar-refractivity contribution in [2.75, 3.05) is 0 Å². The van der Waals surface area contributed by atoms with Crippen molar-refractivity contribution in [3.63, 3.8) is 0 Å². The molecule has 0 heterocycles. The Morgan fingerprint density at radius 2 is 0.968 bits per heavy atom. The van der Waals surface area contributed by atoms with Gasteiger partial charge in [-0.2, -0.15) is 11.1 Å². The van der Waals surface area contributed by atoms with E-state index in [0.29, 0.717) is 0 Å². The SMILES string of the molecule is CC1=[C-]C(C)([Si](C)(c2cc(C)cc(C)c2)c2cc(C)cc(C)c2)C(C)=C1C.[CH3-].[CH3-].[CH3-].[Ti+4]. The van der Waals surface area contributed by atoms with Crippen molar-refractivity contribution in [3.05, 3.63) is 104 Å². The van der Waals surface area contributed by atoms with Crippen LogP contribution < -0.4 is 10.4 Å². The smallest absolute Gasteiger partial charge is 0.358 e. The second-order valence-corrected chi connectivity index (χ2v) is 13.4. The maximum Gasteiger partial charge on any atom is 4.00 e. The zero-order valence-corrected chi connectivity index (χ0v) is 24.5. The predicted octanol–water partition coefficient (Wildman–Crippen LogP) is 7.32. The molecule has 0 spiro atoms. The molecule has 1 aliphatic carbocycles. The van der Waals surface area contributed by atoms with E-state index in [0.717, 1.165) is 0 Å². The van der Waals surface area contributed by atoms with Gasteiger partial charge in [-0.05, 0) is 27.7 Å². The number of aryl methyl sites for hydroxylation is 4. The van der Waals surface area contributed by atoms with Crippen LogP contribution in [0.3, 0.4) is 0 Å². The van der Waals surface area contributed by atoms with Crippen LogP contribution in [0.2, 0.25) is 11.6 Å². The summed E-state index contributed by atoms with van der Waals surface area (Å²) in [5.41, 5.74) is 9.66. The van der Waals surface area contributed by atoms with Crippen LogP contribution in [0.25, 0.3) is 0 Å². The summed E-state index contributed by atoms with van der Waals surface area (Å²) >= 11 is 0. The van der Waals surface area contributed by atoms with Crippen molar-refractivity contribution < 1.29 is 21.7 Å². The van der Waals surface area contributed by atoms with Gasteiger partial charge in [-0.25, -0.2) is 5.57 Å². The molecular formula is C29H42SiTi. The molecule has 0 bridgehead atoms. The standard InChI is InChI=1S/C26H33Si.3CH3.Ti/c1-17-10-18(2)13-24(12-17)27(9,25-14-19(3)11-20(4)15-25)26(8)16-21(5)22(6)23(26)7;;;;/h10-15H,1-9H3;3*1H3;/q4*-1;+4. The van der Waals surface area contributed by atoms with Gasteiger partial charge in [0.1, 0.15) is 8.07 Å². The fourth-order valence-corrected chi connectivity index (χ4v) is 9.92. The summed E-state index contributed by atoms with van der Waals surface area (Å²) in [6.45, 7) is 20.7. The van der Waals surface area contributed by atoms with E-state index in [9.17, 15) is 0 Å². The summed E-state index contributed by atoms with van der Waals surface area (Å²) in [6.07, 6.45) is 3.95. The van der Waals surface area contributed by atoms with E-state index >= 15 is 0 Å². The Labute approximate surface area is 210 Å². The summed E-state index contributed by atoms with van der Waals surface area (Å²) in [4.78, 5) is 0. The molecule has 0 aliphatic heterocycles. The molecule has 2 heteroatoms. The first-order valence-corrected chi connectivity index (χ1v) is 12.5. The van der Waals surface area contributed by atoms with Crippen LogP contribution >= 0.6 is 0 Å². The number of benzene rings is 2. The monoisotopic (exact) mass is 466 g/mol. The molecule has 2 aromatic rings. The molecule has 1 atom stereocenters. The van der Waals surface area contributed by atoms with Crippen LogP contribution in [-0.2, 0) is 21.7 Å². The third kappa shape index (κ3) is 5.27. The molecule has 1 aliphatic rings. The topological polar surface area (TPSA) is 0 Å². The zero-order valence-electron chi connectivity index (χ0n) is 22.0. The van der Waals surface area contributed by atoms with Crippen LogP contribution in [0.5, 0.6) is 0 Å². The molecule has 31 heavy (non-hydrogen) atoms. The summed E-state index contributed by atoms with van der Waals surface area (Å²) < 4.78 is 0. The number of allylic oxidation sites excluding steroid dienone is 4. The van der Waals surface area contributed by atoms with Crippen molar-refractivity contribution >= 4 is 18.4 Å². The first kappa shape index (κ1) is 32.0. The number of rotatable bonds is 3. The largest absolute Gasteiger partial charge is 4.00 e. The molecule has 0 amide bonds. The molecule has 0 radical (unpaired) electrons. The number of hydrogen-bond acceptors (Lipinski definition) is 0. The van der Waals surface area contributed by atoms with Crippen molar-refractivity contribution in [1.29, 1.82) is 0 Å². The summed E-state index contributed by atoms with van der Waals surface area (Å²) in [5.74, 6) is 0. The minimum absolute atomic E-state index is 0. The van der Waals surface area contributed by atoms with Crippen LogP contribution in [0, 0.1) is 56.1 Å². The Kier molecular flexibility index (Phi) is 11.5. The predicted molar refractivity (Wildman–Crippen MR) is 141 cm³/mol. The Morgan fingerprint density at radius 3 is 1.23 bits per heavy atom. The van der Waals surface area contributed by atoms with E-state index in [1.807, 2.05) is 0 Å². The Morgan fingerprint density at radius 1 is 0.645 bits per heavy atom. The number of hydrogen-bond donors (Lipinski definition) is 0. The fraction of sp³-hybridized carbons (Fsp3) is 0.345. The second-order valence-electron chi connectivity index (χ2n) is 9.00. The van der Waals surface area contributed by atoms with Crippen molar-refractivity contribution in [2.45, 2.75) is 67.0 Å². The average Bonchev–Trinajstić information content (AvgIpc) is 2.76. The van der Waals surface area contributed by atoms with Gasteiger partial charge >= 0.3 is 21.7 Å². The van der Waals surface area contributed by atoms with Crippen molar-refractivity contribution in [3.8, 4) is 0 Å². The molecule has 2 aromatic carbocycles. The molecule has 166 valence electrons. The van der Waals surface area contributed by atoms with Gasteiger partial charge in [-0.1, -0.05) is 101 Å². The summed E-state index contributed by atoms with van der Waals surface area (Å²) in [6, 6.07) is 14.3. The molecule has 1 unspecified atom stereocenters. The van der Waals surface area contributed by atoms with Gasteiger partial charge in [-0.3, -0.25) is 6.08 Å². The Balaban J connectivity index is 0. The molecule has 0 N–H and O–H groups in total. The quantitative estimate of drug-likeness (QED) is 0.328. The van der Waals surface area contributed by atoms with Crippen LogP contribution in [0.15, 0.2) is 53.1 Å². The molecule has 3 rings (SSSR count). The van der Waals surface area contributed by atoms with E-state index in [2.05, 4.69) is 104 Å². The Hall–Kier alpha value is -1.15. The molecule has 0 saturated heterocycles. The van der Waals surface area contributed by atoms with E-state index in [-0.39, 0.29) is 49.0 Å². The van der Waals surface area contributed by atoms with Gasteiger partial charge in [-0.15, -0.1) is 6.92 Å². The third-order valence-corrected chi connectivity index (χ3v) is 12.3.